The summed E-state index contributed by atoms with van der Waals surface area (Å²) < 4.78 is 1.83. The highest BCUT2D eigenvalue weighted by atomic mass is 15.3. The number of anilines is 2. The predicted octanol–water partition coefficient (Wildman–Crippen LogP) is 2.15. The molecule has 4 heteroatoms. The summed E-state index contributed by atoms with van der Waals surface area (Å²) in [7, 11) is 2.04. The van der Waals surface area contributed by atoms with Gasteiger partial charge in [-0.2, -0.15) is 0 Å². The van der Waals surface area contributed by atoms with Crippen LogP contribution in [0, 0.1) is 0 Å². The molecule has 86 valence electrons. The fourth-order valence-electron chi connectivity index (χ4n) is 1.79. The molecule has 0 saturated heterocycles. The van der Waals surface area contributed by atoms with Crippen LogP contribution < -0.4 is 10.6 Å². The van der Waals surface area contributed by atoms with Gasteiger partial charge in [-0.1, -0.05) is 19.4 Å². The molecule has 0 spiro atoms. The van der Waals surface area contributed by atoms with Crippen molar-refractivity contribution in [3.05, 3.63) is 24.4 Å². The number of pyridine rings is 1. The van der Waals surface area contributed by atoms with Crippen LogP contribution in [0.4, 0.5) is 11.5 Å². The highest BCUT2D eigenvalue weighted by Crippen LogP contribution is 2.25. The van der Waals surface area contributed by atoms with E-state index in [2.05, 4.69) is 16.9 Å². The van der Waals surface area contributed by atoms with Crippen molar-refractivity contribution in [1.29, 1.82) is 0 Å². The summed E-state index contributed by atoms with van der Waals surface area (Å²) in [5.41, 5.74) is 7.82. The second-order valence-corrected chi connectivity index (χ2v) is 4.04. The van der Waals surface area contributed by atoms with Gasteiger partial charge in [0.05, 0.1) is 5.52 Å². The van der Waals surface area contributed by atoms with Gasteiger partial charge in [-0.25, -0.2) is 4.52 Å². The summed E-state index contributed by atoms with van der Waals surface area (Å²) in [4.78, 5) is 2.12. The molecular weight excluding hydrogens is 200 g/mol. The molecule has 0 radical (unpaired) electrons. The molecule has 2 aromatic rings. The maximum Gasteiger partial charge on any atom is 0.174 e. The summed E-state index contributed by atoms with van der Waals surface area (Å²) >= 11 is 0. The fraction of sp³-hybridized carbons (Fsp3) is 0.417. The van der Waals surface area contributed by atoms with E-state index in [0.717, 1.165) is 30.0 Å². The number of hydrogen-bond donors (Lipinski definition) is 1. The molecule has 16 heavy (non-hydrogen) atoms. The van der Waals surface area contributed by atoms with Crippen LogP contribution in [-0.2, 0) is 0 Å². The number of nitrogens with two attached hydrogens (primary N) is 1. The van der Waals surface area contributed by atoms with Crippen LogP contribution in [0.1, 0.15) is 19.8 Å². The summed E-state index contributed by atoms with van der Waals surface area (Å²) in [6.45, 7) is 3.17. The molecule has 0 aliphatic heterocycles. The third-order valence-corrected chi connectivity index (χ3v) is 2.77. The van der Waals surface area contributed by atoms with E-state index in [-0.39, 0.29) is 0 Å². The van der Waals surface area contributed by atoms with Gasteiger partial charge in [0.2, 0.25) is 0 Å². The van der Waals surface area contributed by atoms with Gasteiger partial charge in [0.25, 0.3) is 0 Å². The molecule has 0 aliphatic rings. The van der Waals surface area contributed by atoms with Crippen molar-refractivity contribution < 1.29 is 0 Å². The fourth-order valence-corrected chi connectivity index (χ4v) is 1.79. The summed E-state index contributed by atoms with van der Waals surface area (Å²) in [6, 6.07) is 5.91. The van der Waals surface area contributed by atoms with Crippen molar-refractivity contribution in [1.82, 2.24) is 9.61 Å². The molecule has 2 aromatic heterocycles. The summed E-state index contributed by atoms with van der Waals surface area (Å²) in [5, 5.41) is 4.48. The monoisotopic (exact) mass is 218 g/mol. The van der Waals surface area contributed by atoms with Gasteiger partial charge in [-0.05, 0) is 18.6 Å². The molecule has 0 aromatic carbocycles. The Morgan fingerprint density at radius 3 is 2.94 bits per heavy atom. The Morgan fingerprint density at radius 2 is 2.25 bits per heavy atom. The standard InChI is InChI=1S/C12H18N4/c1-3-4-8-15(2)12-11(13)10-7-5-6-9-16(10)14-12/h5-7,9H,3-4,8,13H2,1-2H3. The van der Waals surface area contributed by atoms with Gasteiger partial charge in [0, 0.05) is 19.8 Å². The van der Waals surface area contributed by atoms with Gasteiger partial charge in [-0.15, -0.1) is 5.10 Å². The molecule has 0 bridgehead atoms. The first-order valence-electron chi connectivity index (χ1n) is 5.68. The van der Waals surface area contributed by atoms with E-state index in [4.69, 9.17) is 5.73 Å². The Balaban J connectivity index is 2.33. The average Bonchev–Trinajstić information content (AvgIpc) is 2.64. The van der Waals surface area contributed by atoms with Crippen molar-refractivity contribution in [2.75, 3.05) is 24.2 Å². The maximum absolute atomic E-state index is 6.09. The van der Waals surface area contributed by atoms with E-state index >= 15 is 0 Å². The van der Waals surface area contributed by atoms with Crippen molar-refractivity contribution in [3.8, 4) is 0 Å². The normalized spacial score (nSPS) is 10.9. The highest BCUT2D eigenvalue weighted by Gasteiger charge is 2.12. The van der Waals surface area contributed by atoms with E-state index in [1.165, 1.54) is 6.42 Å². The van der Waals surface area contributed by atoms with Gasteiger partial charge >= 0.3 is 0 Å². The number of aromatic nitrogens is 2. The minimum Gasteiger partial charge on any atom is -0.394 e. The third kappa shape index (κ3) is 1.83. The van der Waals surface area contributed by atoms with E-state index in [1.807, 2.05) is 36.0 Å². The van der Waals surface area contributed by atoms with Crippen LogP contribution in [0.15, 0.2) is 24.4 Å². The number of unbranched alkanes of at least 4 members (excludes halogenated alkanes) is 1. The average molecular weight is 218 g/mol. The van der Waals surface area contributed by atoms with Crippen LogP contribution >= 0.6 is 0 Å². The minimum absolute atomic E-state index is 0.763. The predicted molar refractivity (Wildman–Crippen MR) is 67.8 cm³/mol. The molecule has 0 unspecified atom stereocenters. The van der Waals surface area contributed by atoms with Crippen molar-refractivity contribution >= 4 is 17.0 Å². The van der Waals surface area contributed by atoms with E-state index in [9.17, 15) is 0 Å². The SMILES string of the molecule is CCCCN(C)c1nn2ccccc2c1N. The number of nitrogen functional groups attached to an aromatic ring is 1. The van der Waals surface area contributed by atoms with Crippen molar-refractivity contribution in [2.45, 2.75) is 19.8 Å². The second-order valence-electron chi connectivity index (χ2n) is 4.04. The smallest absolute Gasteiger partial charge is 0.174 e. The Kier molecular flexibility index (Phi) is 2.99. The molecule has 4 nitrogen and oxygen atoms in total. The van der Waals surface area contributed by atoms with Crippen LogP contribution in [0.25, 0.3) is 5.52 Å². The first-order chi connectivity index (χ1) is 7.74. The molecule has 0 fully saturated rings. The number of fused-ring (bicyclic) bond motifs is 1. The van der Waals surface area contributed by atoms with Crippen molar-refractivity contribution in [3.63, 3.8) is 0 Å². The summed E-state index contributed by atoms with van der Waals surface area (Å²) in [6.07, 6.45) is 4.25. The molecule has 0 amide bonds. The number of nitrogens with zero attached hydrogens (tertiary/aromatic N) is 3. The van der Waals surface area contributed by atoms with E-state index in [0.29, 0.717) is 0 Å². The van der Waals surface area contributed by atoms with Crippen molar-refractivity contribution in [2.24, 2.45) is 0 Å². The molecular formula is C12H18N4. The Morgan fingerprint density at radius 1 is 1.44 bits per heavy atom. The van der Waals surface area contributed by atoms with Gasteiger partial charge in [-0.3, -0.25) is 0 Å². The second kappa shape index (κ2) is 4.43. The Hall–Kier alpha value is -1.71. The molecule has 0 aliphatic carbocycles. The van der Waals surface area contributed by atoms with E-state index < -0.39 is 0 Å². The van der Waals surface area contributed by atoms with Crippen LogP contribution in [0.5, 0.6) is 0 Å². The molecule has 0 saturated carbocycles. The zero-order valence-electron chi connectivity index (χ0n) is 9.85. The maximum atomic E-state index is 6.09. The molecule has 2 heterocycles. The highest BCUT2D eigenvalue weighted by molar-refractivity contribution is 5.81. The topological polar surface area (TPSA) is 46.6 Å². The summed E-state index contributed by atoms with van der Waals surface area (Å²) in [5.74, 6) is 0.875. The zero-order valence-corrected chi connectivity index (χ0v) is 9.85. The quantitative estimate of drug-likeness (QED) is 0.855. The lowest BCUT2D eigenvalue weighted by Gasteiger charge is -2.15. The van der Waals surface area contributed by atoms with Crippen LogP contribution in [0.2, 0.25) is 0 Å². The Labute approximate surface area is 95.7 Å². The number of hydrogen-bond acceptors (Lipinski definition) is 3. The van der Waals surface area contributed by atoms with Gasteiger partial charge < -0.3 is 10.6 Å². The van der Waals surface area contributed by atoms with Gasteiger partial charge in [0.1, 0.15) is 5.69 Å². The Bertz CT molecular complexity index is 475. The largest absolute Gasteiger partial charge is 0.394 e. The lowest BCUT2D eigenvalue weighted by atomic mass is 10.3. The lowest BCUT2D eigenvalue weighted by Crippen LogP contribution is -2.19. The first kappa shape index (κ1) is 10.8. The first-order valence-corrected chi connectivity index (χ1v) is 5.68. The van der Waals surface area contributed by atoms with Crippen LogP contribution in [-0.4, -0.2) is 23.2 Å². The van der Waals surface area contributed by atoms with E-state index in [1.54, 1.807) is 0 Å². The minimum atomic E-state index is 0.763. The zero-order chi connectivity index (χ0) is 11.5. The molecule has 2 rings (SSSR count). The van der Waals surface area contributed by atoms with Gasteiger partial charge in [0.15, 0.2) is 5.82 Å². The van der Waals surface area contributed by atoms with Crippen LogP contribution in [0.3, 0.4) is 0 Å². The lowest BCUT2D eigenvalue weighted by molar-refractivity contribution is 0.754. The molecule has 2 N–H and O–H groups in total. The number of rotatable bonds is 4. The third-order valence-electron chi connectivity index (χ3n) is 2.77. The molecule has 0 atom stereocenters.